The zero-order chi connectivity index (χ0) is 11.5. The molecule has 2 nitrogen and oxygen atoms in total. The van der Waals surface area contributed by atoms with E-state index in [4.69, 9.17) is 4.84 Å². The van der Waals surface area contributed by atoms with E-state index in [-0.39, 0.29) is 0 Å². The van der Waals surface area contributed by atoms with Gasteiger partial charge in [0.1, 0.15) is 0 Å². The molecule has 0 bridgehead atoms. The smallest absolute Gasteiger partial charge is 0.222 e. The van der Waals surface area contributed by atoms with Crippen molar-refractivity contribution in [2.45, 2.75) is 51.9 Å². The Morgan fingerprint density at radius 2 is 1.44 bits per heavy atom. The van der Waals surface area contributed by atoms with Crippen LogP contribution in [0.5, 0.6) is 0 Å². The molecule has 16 heavy (non-hydrogen) atoms. The van der Waals surface area contributed by atoms with E-state index in [0.29, 0.717) is 0 Å². The van der Waals surface area contributed by atoms with Gasteiger partial charge in [0.25, 0.3) is 0 Å². The van der Waals surface area contributed by atoms with Crippen molar-refractivity contribution in [2.24, 2.45) is 0 Å². The van der Waals surface area contributed by atoms with Crippen LogP contribution in [0.3, 0.4) is 0 Å². The van der Waals surface area contributed by atoms with Crippen molar-refractivity contribution >= 4 is 0 Å². The standard InChI is InChI=1S/C14H24NO/c1-2-3-4-5-6-7-11-14-16-15-12-9-8-10-13-15/h8-10,12-13H,2-7,11,14H2,1H3/q+1. The Labute approximate surface area is 99.2 Å². The Bertz CT molecular complexity index is 248. The second-order valence-electron chi connectivity index (χ2n) is 4.19. The van der Waals surface area contributed by atoms with E-state index < -0.39 is 0 Å². The van der Waals surface area contributed by atoms with Crippen molar-refractivity contribution in [1.29, 1.82) is 0 Å². The van der Waals surface area contributed by atoms with Crippen LogP contribution >= 0.6 is 0 Å². The molecule has 1 aromatic heterocycles. The fourth-order valence-corrected chi connectivity index (χ4v) is 1.70. The van der Waals surface area contributed by atoms with Gasteiger partial charge >= 0.3 is 0 Å². The summed E-state index contributed by atoms with van der Waals surface area (Å²) in [7, 11) is 0. The minimum Gasteiger partial charge on any atom is -0.271 e. The molecule has 90 valence electrons. The van der Waals surface area contributed by atoms with Gasteiger partial charge in [-0.1, -0.05) is 45.1 Å². The maximum Gasteiger partial charge on any atom is 0.222 e. The Balaban J connectivity index is 1.89. The van der Waals surface area contributed by atoms with Gasteiger partial charge in [-0.3, -0.25) is 4.84 Å². The van der Waals surface area contributed by atoms with Crippen LogP contribution in [0.4, 0.5) is 0 Å². The molecule has 0 saturated carbocycles. The van der Waals surface area contributed by atoms with Crippen molar-refractivity contribution in [3.8, 4) is 0 Å². The molecule has 0 amide bonds. The Hall–Kier alpha value is -1.05. The lowest BCUT2D eigenvalue weighted by molar-refractivity contribution is -0.891. The van der Waals surface area contributed by atoms with E-state index in [1.54, 1.807) is 4.73 Å². The van der Waals surface area contributed by atoms with Gasteiger partial charge in [-0.05, 0) is 12.8 Å². The monoisotopic (exact) mass is 222 g/mol. The number of pyridine rings is 1. The topological polar surface area (TPSA) is 13.1 Å². The van der Waals surface area contributed by atoms with E-state index in [0.717, 1.165) is 13.0 Å². The lowest BCUT2D eigenvalue weighted by Gasteiger charge is -2.00. The van der Waals surface area contributed by atoms with E-state index in [1.807, 2.05) is 30.6 Å². The van der Waals surface area contributed by atoms with Gasteiger partial charge in [-0.15, -0.1) is 0 Å². The highest BCUT2D eigenvalue weighted by atomic mass is 16.7. The van der Waals surface area contributed by atoms with E-state index in [1.165, 1.54) is 38.5 Å². The third-order valence-electron chi connectivity index (χ3n) is 2.68. The molecule has 0 unspecified atom stereocenters. The predicted octanol–water partition coefficient (Wildman–Crippen LogP) is 3.15. The molecule has 0 atom stereocenters. The first-order valence-corrected chi connectivity index (χ1v) is 6.53. The second kappa shape index (κ2) is 9.20. The molecule has 0 aliphatic rings. The van der Waals surface area contributed by atoms with E-state index in [2.05, 4.69) is 6.92 Å². The summed E-state index contributed by atoms with van der Waals surface area (Å²) in [5.74, 6) is 0. The van der Waals surface area contributed by atoms with Crippen molar-refractivity contribution < 1.29 is 9.57 Å². The summed E-state index contributed by atoms with van der Waals surface area (Å²) >= 11 is 0. The van der Waals surface area contributed by atoms with Gasteiger partial charge in [0.15, 0.2) is 6.61 Å². The van der Waals surface area contributed by atoms with Crippen LogP contribution in [0, 0.1) is 0 Å². The van der Waals surface area contributed by atoms with Gasteiger partial charge in [-0.25, -0.2) is 0 Å². The summed E-state index contributed by atoms with van der Waals surface area (Å²) in [5, 5.41) is 0. The number of hydrogen-bond acceptors (Lipinski definition) is 1. The highest BCUT2D eigenvalue weighted by Crippen LogP contribution is 2.06. The molecular formula is C14H24NO+. The van der Waals surface area contributed by atoms with Crippen LogP contribution in [0.15, 0.2) is 30.6 Å². The highest BCUT2D eigenvalue weighted by Gasteiger charge is 1.97. The number of unbranched alkanes of at least 4 members (excludes halogenated alkanes) is 6. The van der Waals surface area contributed by atoms with Crippen molar-refractivity contribution in [2.75, 3.05) is 6.61 Å². The minimum atomic E-state index is 0.822. The third-order valence-corrected chi connectivity index (χ3v) is 2.68. The summed E-state index contributed by atoms with van der Waals surface area (Å²) in [6, 6.07) is 5.95. The molecule has 2 heteroatoms. The molecule has 1 rings (SSSR count). The number of rotatable bonds is 9. The van der Waals surface area contributed by atoms with Crippen LogP contribution in [0.1, 0.15) is 51.9 Å². The lowest BCUT2D eigenvalue weighted by atomic mass is 10.1. The number of hydrogen-bond donors (Lipinski definition) is 0. The van der Waals surface area contributed by atoms with Gasteiger partial charge in [0.2, 0.25) is 12.4 Å². The van der Waals surface area contributed by atoms with Crippen molar-refractivity contribution in [3.05, 3.63) is 30.6 Å². The molecule has 0 radical (unpaired) electrons. The van der Waals surface area contributed by atoms with Crippen LogP contribution in [-0.2, 0) is 0 Å². The van der Waals surface area contributed by atoms with Gasteiger partial charge in [-0.2, -0.15) is 0 Å². The predicted molar refractivity (Wildman–Crippen MR) is 66.1 cm³/mol. The summed E-state index contributed by atoms with van der Waals surface area (Å²) in [4.78, 5) is 5.55. The van der Waals surface area contributed by atoms with Crippen LogP contribution in [-0.4, -0.2) is 6.61 Å². The summed E-state index contributed by atoms with van der Waals surface area (Å²) in [6.45, 7) is 3.08. The largest absolute Gasteiger partial charge is 0.271 e. The van der Waals surface area contributed by atoms with Crippen molar-refractivity contribution in [1.82, 2.24) is 0 Å². The van der Waals surface area contributed by atoms with Crippen LogP contribution < -0.4 is 9.57 Å². The molecule has 0 aliphatic carbocycles. The maximum absolute atomic E-state index is 5.55. The Kier molecular flexibility index (Phi) is 7.48. The average molecular weight is 222 g/mol. The molecule has 0 aromatic carbocycles. The normalized spacial score (nSPS) is 10.3. The first-order chi connectivity index (χ1) is 7.93. The molecule has 1 heterocycles. The highest BCUT2D eigenvalue weighted by molar-refractivity contribution is 4.83. The zero-order valence-corrected chi connectivity index (χ0v) is 10.4. The molecule has 0 spiro atoms. The van der Waals surface area contributed by atoms with E-state index in [9.17, 15) is 0 Å². The lowest BCUT2D eigenvalue weighted by Crippen LogP contribution is -2.42. The number of aromatic nitrogens is 1. The fraction of sp³-hybridized carbons (Fsp3) is 0.643. The van der Waals surface area contributed by atoms with Gasteiger partial charge < -0.3 is 0 Å². The first kappa shape index (κ1) is 13.0. The molecule has 0 aliphatic heterocycles. The maximum atomic E-state index is 5.55. The Morgan fingerprint density at radius 3 is 2.12 bits per heavy atom. The van der Waals surface area contributed by atoms with Gasteiger partial charge in [0.05, 0.1) is 0 Å². The summed E-state index contributed by atoms with van der Waals surface area (Å²) in [6.07, 6.45) is 13.2. The quantitative estimate of drug-likeness (QED) is 0.462. The molecule has 0 N–H and O–H groups in total. The summed E-state index contributed by atoms with van der Waals surface area (Å²) < 4.78 is 1.77. The molecule has 1 aromatic rings. The van der Waals surface area contributed by atoms with E-state index >= 15 is 0 Å². The van der Waals surface area contributed by atoms with Crippen molar-refractivity contribution in [3.63, 3.8) is 0 Å². The third kappa shape index (κ3) is 6.44. The fourth-order valence-electron chi connectivity index (χ4n) is 1.70. The zero-order valence-electron chi connectivity index (χ0n) is 10.4. The summed E-state index contributed by atoms with van der Waals surface area (Å²) in [5.41, 5.74) is 0. The average Bonchev–Trinajstić information content (AvgIpc) is 2.34. The van der Waals surface area contributed by atoms with Crippen LogP contribution in [0.25, 0.3) is 0 Å². The second-order valence-corrected chi connectivity index (χ2v) is 4.19. The first-order valence-electron chi connectivity index (χ1n) is 6.53. The molecule has 0 fully saturated rings. The van der Waals surface area contributed by atoms with Crippen LogP contribution in [0.2, 0.25) is 0 Å². The molecular weight excluding hydrogens is 198 g/mol. The Morgan fingerprint density at radius 1 is 0.812 bits per heavy atom. The van der Waals surface area contributed by atoms with Gasteiger partial charge in [0, 0.05) is 16.9 Å². The minimum absolute atomic E-state index is 0.822. The number of nitrogens with zero attached hydrogens (tertiary/aromatic N) is 1. The molecule has 0 saturated heterocycles. The SMILES string of the molecule is CCCCCCCCCO[n+]1ccccc1.